The molecule has 0 saturated carbocycles. The van der Waals surface area contributed by atoms with Crippen molar-refractivity contribution in [2.75, 3.05) is 78.5 Å². The summed E-state index contributed by atoms with van der Waals surface area (Å²) in [5.41, 5.74) is 15.2. The van der Waals surface area contributed by atoms with E-state index in [4.69, 9.17) is 5.73 Å². The number of hydrogen-bond acceptors (Lipinski definition) is 14. The number of azide groups is 1. The molecule has 29 heteroatoms. The van der Waals surface area contributed by atoms with Crippen molar-refractivity contribution < 1.29 is 62.3 Å². The molecule has 0 aromatic rings. The van der Waals surface area contributed by atoms with Crippen LogP contribution in [-0.2, 0) is 62.3 Å². The fourth-order valence-corrected chi connectivity index (χ4v) is 17.9. The fourth-order valence-electron chi connectivity index (χ4n) is 17.9. The smallest absolute Gasteiger partial charge is 0.246 e. The second-order valence-electron chi connectivity index (χ2n) is 27.3. The minimum Gasteiger partial charge on any atom is -0.368 e. The van der Waals surface area contributed by atoms with Crippen molar-refractivity contribution in [3.8, 4) is 0 Å². The standard InChI is InChI=1S/C62H88N16O13/c1-37(79)67-24-3-14-40(67)52(81)69-26-5-16-42(69)59(88)76-33-12-23-49(76)61(90)78-36-38(65-66-64)35-50(78)62(91)77-34-11-22-48(77)60(89)75-32-10-21-47(75)58(87)74-31-9-20-46(74)57(86)73-30-8-19-45(73)56(85)72-29-7-18-44(72)55(84)71-28-6-17-43(71)54(83)70-27-4-15-41(70)53(82)68-25-2-13-39(68)51(63)80/h38-50H,2-36H2,1H3,(H2,63,80)/t38-,39+,40+,41+,42+,43+,44+,45+,46+,47+,48+,49+,50+/m1/s1. The molecule has 0 spiro atoms. The van der Waals surface area contributed by atoms with Crippen LogP contribution in [0.15, 0.2) is 5.11 Å². The molecule has 0 aromatic carbocycles. The molecule has 12 aliphatic rings. The van der Waals surface area contributed by atoms with Gasteiger partial charge < -0.3 is 64.5 Å². The van der Waals surface area contributed by atoms with Crippen LogP contribution in [-0.4, -0.2) is 293 Å². The highest BCUT2D eigenvalue weighted by Gasteiger charge is 2.54. The third-order valence-electron chi connectivity index (χ3n) is 22.3. The highest BCUT2D eigenvalue weighted by atomic mass is 16.2. The Labute approximate surface area is 529 Å². The van der Waals surface area contributed by atoms with Crippen LogP contribution in [0.4, 0.5) is 0 Å². The van der Waals surface area contributed by atoms with Gasteiger partial charge in [-0.05, 0) is 153 Å². The number of primary amides is 1. The second kappa shape index (κ2) is 26.6. The lowest BCUT2D eigenvalue weighted by atomic mass is 10.1. The molecular weight excluding hydrogens is 1180 g/mol. The lowest BCUT2D eigenvalue weighted by molar-refractivity contribution is -0.156. The predicted octanol–water partition coefficient (Wildman–Crippen LogP) is -0.328. The summed E-state index contributed by atoms with van der Waals surface area (Å²) in [5, 5.41) is 3.92. The van der Waals surface area contributed by atoms with Crippen LogP contribution < -0.4 is 5.73 Å². The van der Waals surface area contributed by atoms with Gasteiger partial charge in [-0.1, -0.05) is 5.11 Å². The van der Waals surface area contributed by atoms with E-state index in [1.165, 1.54) is 36.3 Å². The molecule has 12 heterocycles. The molecule has 12 fully saturated rings. The van der Waals surface area contributed by atoms with E-state index in [2.05, 4.69) is 10.0 Å². The summed E-state index contributed by atoms with van der Waals surface area (Å²) in [4.78, 5) is 206. The molecular formula is C62H88N16O13. The fraction of sp³-hybridized carbons (Fsp3) is 0.790. The highest BCUT2D eigenvalue weighted by molar-refractivity contribution is 6.01. The van der Waals surface area contributed by atoms with Gasteiger partial charge >= 0.3 is 0 Å². The summed E-state index contributed by atoms with van der Waals surface area (Å²) in [6.07, 6.45) is 10.3. The normalized spacial score (nSPS) is 32.5. The number of carbonyl (C=O) groups excluding carboxylic acids is 13. The summed E-state index contributed by atoms with van der Waals surface area (Å²) >= 11 is 0. The topological polar surface area (TPSA) is 336 Å². The maximum atomic E-state index is 15.0. The SMILES string of the molecule is CC(=O)N1CCC[C@H]1C(=O)N1CCC[C@H]1C(=O)N1CCC[C@H]1C(=O)N1C[C@H](N=[N+]=[N-])C[C@H]1C(=O)N1CCC[C@H]1C(=O)N1CCC[C@H]1C(=O)N1CCC[C@H]1C(=O)N1CCC[C@H]1C(=O)N1CCC[C@H]1C(=O)N1CCC[C@H]1C(=O)N1CCC[C@H]1C(=O)N1CCC[C@H]1C(N)=O. The molecule has 13 atom stereocenters. The largest absolute Gasteiger partial charge is 0.368 e. The van der Waals surface area contributed by atoms with E-state index in [1.54, 1.807) is 29.4 Å². The molecule has 0 unspecified atom stereocenters. The first-order valence-electron chi connectivity index (χ1n) is 33.9. The molecule has 12 saturated heterocycles. The van der Waals surface area contributed by atoms with Crippen molar-refractivity contribution in [2.24, 2.45) is 10.8 Å². The maximum Gasteiger partial charge on any atom is 0.246 e. The molecule has 29 nitrogen and oxygen atoms in total. The van der Waals surface area contributed by atoms with Crippen molar-refractivity contribution in [2.45, 2.75) is 233 Å². The third-order valence-corrected chi connectivity index (χ3v) is 22.3. The number of rotatable bonds is 13. The van der Waals surface area contributed by atoms with E-state index >= 15 is 0 Å². The summed E-state index contributed by atoms with van der Waals surface area (Å²) in [6, 6.07) is -11.1. The van der Waals surface area contributed by atoms with Gasteiger partial charge in [0.2, 0.25) is 76.8 Å². The first kappa shape index (κ1) is 63.6. The van der Waals surface area contributed by atoms with Crippen LogP contribution in [0.25, 0.3) is 10.4 Å². The molecule has 0 aliphatic carbocycles. The van der Waals surface area contributed by atoms with Crippen molar-refractivity contribution in [1.29, 1.82) is 0 Å². The average Bonchev–Trinajstić information content (AvgIpc) is 1.68. The monoisotopic (exact) mass is 1260 g/mol. The van der Waals surface area contributed by atoms with Crippen LogP contribution in [0.2, 0.25) is 0 Å². The van der Waals surface area contributed by atoms with Gasteiger partial charge in [-0.3, -0.25) is 62.3 Å². The van der Waals surface area contributed by atoms with Crippen LogP contribution in [0.5, 0.6) is 0 Å². The van der Waals surface area contributed by atoms with Crippen molar-refractivity contribution >= 4 is 76.8 Å². The van der Waals surface area contributed by atoms with Gasteiger partial charge in [0.15, 0.2) is 0 Å². The third kappa shape index (κ3) is 11.7. The lowest BCUT2D eigenvalue weighted by Crippen LogP contribution is -2.59. The van der Waals surface area contributed by atoms with E-state index in [9.17, 15) is 67.9 Å². The quantitative estimate of drug-likeness (QED) is 0.141. The first-order valence-corrected chi connectivity index (χ1v) is 33.9. The maximum absolute atomic E-state index is 15.0. The molecule has 12 rings (SSSR count). The van der Waals surface area contributed by atoms with Crippen LogP contribution in [0.3, 0.4) is 0 Å². The van der Waals surface area contributed by atoms with E-state index in [0.29, 0.717) is 174 Å². The van der Waals surface area contributed by atoms with Gasteiger partial charge in [-0.15, -0.1) is 0 Å². The van der Waals surface area contributed by atoms with Crippen molar-refractivity contribution in [3.63, 3.8) is 0 Å². The molecule has 2 N–H and O–H groups in total. The number of hydrogen-bond donors (Lipinski definition) is 1. The molecule has 0 aromatic heterocycles. The van der Waals surface area contributed by atoms with Crippen molar-refractivity contribution in [1.82, 2.24) is 58.8 Å². The Morgan fingerprint density at radius 1 is 0.297 bits per heavy atom. The minimum absolute atomic E-state index is 0.00467. The van der Waals surface area contributed by atoms with Crippen LogP contribution in [0, 0.1) is 0 Å². The Hall–Kier alpha value is -7.58. The molecule has 12 aliphatic heterocycles. The Morgan fingerprint density at radius 3 is 0.703 bits per heavy atom. The van der Waals surface area contributed by atoms with E-state index in [0.717, 1.165) is 0 Å². The number of nitrogens with two attached hydrogens (primary N) is 1. The second-order valence-corrected chi connectivity index (χ2v) is 27.3. The molecule has 13 amide bonds. The first-order chi connectivity index (χ1) is 43.9. The van der Waals surface area contributed by atoms with Gasteiger partial charge in [-0.2, -0.15) is 0 Å². The Morgan fingerprint density at radius 2 is 0.484 bits per heavy atom. The highest BCUT2D eigenvalue weighted by Crippen LogP contribution is 2.37. The van der Waals surface area contributed by atoms with Gasteiger partial charge in [-0.25, -0.2) is 0 Å². The zero-order chi connectivity index (χ0) is 64.1. The van der Waals surface area contributed by atoms with Crippen LogP contribution in [0.1, 0.15) is 155 Å². The molecule has 91 heavy (non-hydrogen) atoms. The lowest BCUT2D eigenvalue weighted by Gasteiger charge is -2.38. The van der Waals surface area contributed by atoms with Crippen molar-refractivity contribution in [3.05, 3.63) is 10.4 Å². The zero-order valence-electron chi connectivity index (χ0n) is 52.3. The molecule has 494 valence electrons. The van der Waals surface area contributed by atoms with E-state index in [-0.39, 0.29) is 99.5 Å². The number of likely N-dealkylation sites (tertiary alicyclic amines) is 12. The van der Waals surface area contributed by atoms with E-state index < -0.39 is 108 Å². The number of amides is 13. The summed E-state index contributed by atoms with van der Waals surface area (Å²) < 4.78 is 0. The Kier molecular flexibility index (Phi) is 18.6. The molecule has 0 bridgehead atoms. The Bertz CT molecular complexity index is 3030. The van der Waals surface area contributed by atoms with Gasteiger partial charge in [0.25, 0.3) is 0 Å². The number of nitrogens with zero attached hydrogens (tertiary/aromatic N) is 15. The summed E-state index contributed by atoms with van der Waals surface area (Å²) in [7, 11) is 0. The summed E-state index contributed by atoms with van der Waals surface area (Å²) in [5.74, 6) is -4.92. The predicted molar refractivity (Wildman–Crippen MR) is 320 cm³/mol. The molecule has 0 radical (unpaired) electrons. The summed E-state index contributed by atoms with van der Waals surface area (Å²) in [6.45, 7) is 4.69. The van der Waals surface area contributed by atoms with Crippen LogP contribution >= 0.6 is 0 Å². The van der Waals surface area contributed by atoms with Gasteiger partial charge in [0.1, 0.15) is 72.5 Å². The zero-order valence-corrected chi connectivity index (χ0v) is 52.3. The van der Waals surface area contributed by atoms with Gasteiger partial charge in [0, 0.05) is 90.4 Å². The average molecular weight is 1270 g/mol. The van der Waals surface area contributed by atoms with E-state index in [1.807, 2.05) is 0 Å². The number of carbonyl (C=O) groups is 13. The Balaban J connectivity index is 0.678. The van der Waals surface area contributed by atoms with Gasteiger partial charge in [0.05, 0.1) is 6.04 Å². The minimum atomic E-state index is -1.12.